The van der Waals surface area contributed by atoms with Crippen LogP contribution in [0.25, 0.3) is 5.57 Å². The number of rotatable bonds is 2. The second kappa shape index (κ2) is 6.66. The van der Waals surface area contributed by atoms with E-state index in [1.54, 1.807) is 0 Å². The van der Waals surface area contributed by atoms with E-state index in [2.05, 4.69) is 47.5 Å². The van der Waals surface area contributed by atoms with Crippen molar-refractivity contribution >= 4 is 17.1 Å². The summed E-state index contributed by atoms with van der Waals surface area (Å²) in [5.74, 6) is 1.12. The van der Waals surface area contributed by atoms with Crippen LogP contribution in [-0.4, -0.2) is 5.84 Å². The number of allylic oxidation sites excluding steroid dienone is 6. The van der Waals surface area contributed by atoms with Gasteiger partial charge in [0.1, 0.15) is 5.84 Å². The van der Waals surface area contributed by atoms with Crippen molar-refractivity contribution in [1.82, 2.24) is 0 Å². The first kappa shape index (κ1) is 15.3. The maximum Gasteiger partial charge on any atom is 0.100 e. The van der Waals surface area contributed by atoms with Crippen LogP contribution >= 0.6 is 0 Å². The third-order valence-electron chi connectivity index (χ3n) is 4.43. The number of hydrogen-bond acceptors (Lipinski definition) is 3. The van der Waals surface area contributed by atoms with Crippen LogP contribution in [0.2, 0.25) is 0 Å². The Morgan fingerprint density at radius 2 is 2.13 bits per heavy atom. The second-order valence-electron chi connectivity index (χ2n) is 6.14. The summed E-state index contributed by atoms with van der Waals surface area (Å²) in [6, 6.07) is 8.71. The lowest BCUT2D eigenvalue weighted by Gasteiger charge is -2.14. The van der Waals surface area contributed by atoms with Gasteiger partial charge in [0.25, 0.3) is 0 Å². The lowest BCUT2D eigenvalue weighted by molar-refractivity contribution is 0.681. The quantitative estimate of drug-likeness (QED) is 0.821. The Labute approximate surface area is 137 Å². The average molecular weight is 303 g/mol. The average Bonchev–Trinajstić information content (AvgIpc) is 2.72. The fraction of sp³-hybridized carbons (Fsp3) is 0.300. The first-order valence-corrected chi connectivity index (χ1v) is 8.08. The number of nitrogens with two attached hydrogens (primary N) is 1. The number of aliphatic imine (C=N–C) groups is 1. The van der Waals surface area contributed by atoms with E-state index in [9.17, 15) is 0 Å². The van der Waals surface area contributed by atoms with Gasteiger partial charge in [0.05, 0.1) is 11.8 Å². The molecule has 0 saturated heterocycles. The molecule has 1 aliphatic carbocycles. The van der Waals surface area contributed by atoms with Crippen LogP contribution in [0.5, 0.6) is 0 Å². The van der Waals surface area contributed by atoms with E-state index in [0.29, 0.717) is 11.8 Å². The molecule has 23 heavy (non-hydrogen) atoms. The van der Waals surface area contributed by atoms with Crippen molar-refractivity contribution in [2.75, 3.05) is 0 Å². The number of amidine groups is 1. The van der Waals surface area contributed by atoms with Gasteiger partial charge < -0.3 is 5.73 Å². The highest BCUT2D eigenvalue weighted by Gasteiger charge is 2.17. The van der Waals surface area contributed by atoms with Crippen LogP contribution in [0.1, 0.15) is 37.3 Å². The van der Waals surface area contributed by atoms with Crippen LogP contribution in [-0.2, 0) is 6.42 Å². The second-order valence-corrected chi connectivity index (χ2v) is 6.14. The SMILES string of the molecule is C/C=C/C1CC(N)=Nc2cc(C3=CC=C(C#N)CC3)ccc2C1. The summed E-state index contributed by atoms with van der Waals surface area (Å²) in [4.78, 5) is 4.62. The van der Waals surface area contributed by atoms with E-state index in [0.717, 1.165) is 36.9 Å². The third-order valence-corrected chi connectivity index (χ3v) is 4.43. The van der Waals surface area contributed by atoms with Crippen molar-refractivity contribution in [3.63, 3.8) is 0 Å². The molecule has 0 saturated carbocycles. The molecule has 2 N–H and O–H groups in total. The van der Waals surface area contributed by atoms with Crippen LogP contribution < -0.4 is 5.73 Å². The molecule has 1 aromatic rings. The van der Waals surface area contributed by atoms with Gasteiger partial charge >= 0.3 is 0 Å². The normalized spacial score (nSPS) is 20.9. The lowest BCUT2D eigenvalue weighted by Crippen LogP contribution is -2.15. The van der Waals surface area contributed by atoms with Crippen molar-refractivity contribution in [2.24, 2.45) is 16.6 Å². The first-order valence-electron chi connectivity index (χ1n) is 8.08. The standard InChI is InChI=1S/C20H21N3/c1-2-3-15-10-18-9-8-17(12-19(18)23-20(22)11-15)16-6-4-14(13-21)5-7-16/h2-4,6,8-9,12,15H,5,7,10-11H2,1H3,(H2,22,23)/b3-2+. The summed E-state index contributed by atoms with van der Waals surface area (Å²) in [5.41, 5.74) is 11.6. The van der Waals surface area contributed by atoms with Gasteiger partial charge in [0.15, 0.2) is 0 Å². The smallest absolute Gasteiger partial charge is 0.100 e. The molecule has 0 spiro atoms. The Bertz CT molecular complexity index is 773. The summed E-state index contributed by atoms with van der Waals surface area (Å²) in [6.07, 6.45) is 11.8. The Hall–Kier alpha value is -2.60. The Balaban J connectivity index is 1.94. The Morgan fingerprint density at radius 1 is 1.26 bits per heavy atom. The largest absolute Gasteiger partial charge is 0.387 e. The van der Waals surface area contributed by atoms with E-state index in [4.69, 9.17) is 11.0 Å². The molecule has 3 nitrogen and oxygen atoms in total. The Morgan fingerprint density at radius 3 is 2.83 bits per heavy atom. The molecule has 0 aromatic heterocycles. The molecule has 1 aliphatic heterocycles. The number of benzene rings is 1. The van der Waals surface area contributed by atoms with Crippen LogP contribution in [0.4, 0.5) is 5.69 Å². The van der Waals surface area contributed by atoms with Crippen LogP contribution in [0, 0.1) is 17.2 Å². The predicted octanol–water partition coefficient (Wildman–Crippen LogP) is 4.44. The van der Waals surface area contributed by atoms with Gasteiger partial charge in [-0.25, -0.2) is 4.99 Å². The Kier molecular flexibility index (Phi) is 4.43. The number of nitriles is 1. The van der Waals surface area contributed by atoms with Crippen molar-refractivity contribution in [2.45, 2.75) is 32.6 Å². The van der Waals surface area contributed by atoms with Gasteiger partial charge in [0.2, 0.25) is 0 Å². The number of fused-ring (bicyclic) bond motifs is 1. The van der Waals surface area contributed by atoms with Gasteiger partial charge in [-0.2, -0.15) is 5.26 Å². The predicted molar refractivity (Wildman–Crippen MR) is 95.3 cm³/mol. The summed E-state index contributed by atoms with van der Waals surface area (Å²) < 4.78 is 0. The van der Waals surface area contributed by atoms with Crippen molar-refractivity contribution < 1.29 is 0 Å². The van der Waals surface area contributed by atoms with Crippen molar-refractivity contribution in [3.8, 4) is 6.07 Å². The molecule has 116 valence electrons. The summed E-state index contributed by atoms with van der Waals surface area (Å²) >= 11 is 0. The maximum atomic E-state index is 8.95. The van der Waals surface area contributed by atoms with Gasteiger partial charge in [-0.05, 0) is 60.9 Å². The molecule has 0 radical (unpaired) electrons. The molecule has 0 fully saturated rings. The highest BCUT2D eigenvalue weighted by Crippen LogP contribution is 2.33. The molecule has 0 bridgehead atoms. The highest BCUT2D eigenvalue weighted by molar-refractivity contribution is 5.85. The van der Waals surface area contributed by atoms with Gasteiger partial charge in [-0.15, -0.1) is 0 Å². The van der Waals surface area contributed by atoms with Crippen LogP contribution in [0.3, 0.4) is 0 Å². The molecule has 1 heterocycles. The van der Waals surface area contributed by atoms with E-state index in [-0.39, 0.29) is 0 Å². The zero-order chi connectivity index (χ0) is 16.2. The molecule has 3 rings (SSSR count). The van der Waals surface area contributed by atoms with Gasteiger partial charge in [-0.1, -0.05) is 30.4 Å². The van der Waals surface area contributed by atoms with E-state index in [1.807, 2.05) is 13.0 Å². The van der Waals surface area contributed by atoms with Crippen LogP contribution in [0.15, 0.2) is 53.1 Å². The summed E-state index contributed by atoms with van der Waals surface area (Å²) in [6.45, 7) is 2.04. The van der Waals surface area contributed by atoms with Crippen molar-refractivity contribution in [1.29, 1.82) is 5.26 Å². The minimum atomic E-state index is 0.422. The van der Waals surface area contributed by atoms with E-state index in [1.165, 1.54) is 16.7 Å². The third kappa shape index (κ3) is 3.43. The van der Waals surface area contributed by atoms with E-state index < -0.39 is 0 Å². The molecule has 1 atom stereocenters. The minimum absolute atomic E-state index is 0.422. The number of nitrogens with zero attached hydrogens (tertiary/aromatic N) is 2. The summed E-state index contributed by atoms with van der Waals surface area (Å²) in [5, 5.41) is 8.95. The van der Waals surface area contributed by atoms with E-state index >= 15 is 0 Å². The molecule has 1 aromatic carbocycles. The zero-order valence-corrected chi connectivity index (χ0v) is 13.4. The molecular formula is C20H21N3. The molecule has 1 unspecified atom stereocenters. The fourth-order valence-corrected chi connectivity index (χ4v) is 3.24. The summed E-state index contributed by atoms with van der Waals surface area (Å²) in [7, 11) is 0. The lowest BCUT2D eigenvalue weighted by atomic mass is 9.91. The van der Waals surface area contributed by atoms with Crippen molar-refractivity contribution in [3.05, 3.63) is 59.2 Å². The zero-order valence-electron chi connectivity index (χ0n) is 13.4. The molecule has 3 heteroatoms. The monoisotopic (exact) mass is 303 g/mol. The van der Waals surface area contributed by atoms with Gasteiger partial charge in [0, 0.05) is 12.0 Å². The highest BCUT2D eigenvalue weighted by atomic mass is 14.9. The topological polar surface area (TPSA) is 62.2 Å². The maximum absolute atomic E-state index is 8.95. The molecule has 0 amide bonds. The van der Waals surface area contributed by atoms with Gasteiger partial charge in [-0.3, -0.25) is 0 Å². The molecular weight excluding hydrogens is 282 g/mol. The fourth-order valence-electron chi connectivity index (χ4n) is 3.24. The minimum Gasteiger partial charge on any atom is -0.387 e. The molecule has 2 aliphatic rings. The number of hydrogen-bond donors (Lipinski definition) is 1. The first-order chi connectivity index (χ1) is 11.2.